The predicted octanol–water partition coefficient (Wildman–Crippen LogP) is 2.32. The Hall–Kier alpha value is -2.16. The second-order valence-corrected chi connectivity index (χ2v) is 4.45. The van der Waals surface area contributed by atoms with Gasteiger partial charge in [-0.2, -0.15) is 18.3 Å². The monoisotopic (exact) mass is 319 g/mol. The normalized spacial score (nSPS) is 11.5. The van der Waals surface area contributed by atoms with Gasteiger partial charge in [-0.3, -0.25) is 4.79 Å². The molecule has 0 aliphatic rings. The summed E-state index contributed by atoms with van der Waals surface area (Å²) in [6, 6.07) is 0. The van der Waals surface area contributed by atoms with E-state index in [1.165, 1.54) is 29.7 Å². The summed E-state index contributed by atoms with van der Waals surface area (Å²) < 4.78 is 38.3. The fraction of sp³-hybridized carbons (Fsp3) is 0.273. The quantitative estimate of drug-likeness (QED) is 0.852. The van der Waals surface area contributed by atoms with Gasteiger partial charge in [0.2, 0.25) is 11.7 Å². The minimum Gasteiger partial charge on any atom is -0.312 e. The number of anilines is 1. The molecular formula is C11H9ClF3N5O. The summed E-state index contributed by atoms with van der Waals surface area (Å²) in [4.78, 5) is 19.0. The van der Waals surface area contributed by atoms with Gasteiger partial charge >= 0.3 is 6.18 Å². The van der Waals surface area contributed by atoms with Crippen LogP contribution in [-0.2, 0) is 11.0 Å². The summed E-state index contributed by atoms with van der Waals surface area (Å²) in [6.45, 7) is 1.34. The van der Waals surface area contributed by atoms with Crippen molar-refractivity contribution in [1.82, 2.24) is 19.7 Å². The number of alkyl halides is 3. The molecule has 0 fully saturated rings. The number of hydrogen-bond acceptors (Lipinski definition) is 4. The number of carbonyl (C=O) groups is 1. The summed E-state index contributed by atoms with van der Waals surface area (Å²) in [5.74, 6) is -1.51. The molecule has 0 unspecified atom stereocenters. The van der Waals surface area contributed by atoms with E-state index in [1.807, 2.05) is 0 Å². The molecule has 21 heavy (non-hydrogen) atoms. The van der Waals surface area contributed by atoms with Crippen molar-refractivity contribution in [2.45, 2.75) is 13.1 Å². The summed E-state index contributed by atoms with van der Waals surface area (Å²) in [5.41, 5.74) is 0.511. The van der Waals surface area contributed by atoms with Crippen molar-refractivity contribution in [3.05, 3.63) is 29.6 Å². The molecule has 1 amide bonds. The van der Waals surface area contributed by atoms with Gasteiger partial charge < -0.3 is 4.90 Å². The summed E-state index contributed by atoms with van der Waals surface area (Å²) in [5, 5.41) is 3.94. The lowest BCUT2D eigenvalue weighted by Crippen LogP contribution is -2.22. The highest BCUT2D eigenvalue weighted by Gasteiger charge is 2.34. The van der Waals surface area contributed by atoms with Crippen molar-refractivity contribution >= 4 is 23.2 Å². The van der Waals surface area contributed by atoms with Gasteiger partial charge in [-0.1, -0.05) is 11.6 Å². The Morgan fingerprint density at radius 2 is 1.90 bits per heavy atom. The van der Waals surface area contributed by atoms with Gasteiger partial charge in [-0.15, -0.1) is 0 Å². The second-order valence-electron chi connectivity index (χ2n) is 4.09. The van der Waals surface area contributed by atoms with Crippen LogP contribution in [0.3, 0.4) is 0 Å². The van der Waals surface area contributed by atoms with Crippen LogP contribution in [0.1, 0.15) is 12.7 Å². The highest BCUT2D eigenvalue weighted by molar-refractivity contribution is 6.32. The van der Waals surface area contributed by atoms with E-state index in [-0.39, 0.29) is 16.7 Å². The van der Waals surface area contributed by atoms with Crippen LogP contribution < -0.4 is 4.90 Å². The largest absolute Gasteiger partial charge is 0.451 e. The number of carbonyl (C=O) groups excluding carboxylic acids is 1. The van der Waals surface area contributed by atoms with E-state index < -0.39 is 12.0 Å². The van der Waals surface area contributed by atoms with Gasteiger partial charge in [-0.25, -0.2) is 14.6 Å². The highest BCUT2D eigenvalue weighted by Crippen LogP contribution is 2.27. The van der Waals surface area contributed by atoms with Gasteiger partial charge in [0.15, 0.2) is 5.15 Å². The molecule has 112 valence electrons. The van der Waals surface area contributed by atoms with Crippen molar-refractivity contribution in [1.29, 1.82) is 0 Å². The molecule has 0 bridgehead atoms. The molecule has 2 aromatic heterocycles. The number of aromatic nitrogens is 4. The van der Waals surface area contributed by atoms with E-state index in [9.17, 15) is 18.0 Å². The molecule has 6 nitrogen and oxygen atoms in total. The topological polar surface area (TPSA) is 63.9 Å². The first-order chi connectivity index (χ1) is 9.70. The SMILES string of the molecule is CC(=O)N(C)c1cn(-c2cnc(C(F)(F)F)nc2)nc1Cl. The molecule has 0 atom stereocenters. The van der Waals surface area contributed by atoms with Gasteiger partial charge in [0, 0.05) is 14.0 Å². The molecule has 2 heterocycles. The van der Waals surface area contributed by atoms with Crippen molar-refractivity contribution in [3.8, 4) is 5.69 Å². The molecule has 0 N–H and O–H groups in total. The number of rotatable bonds is 2. The van der Waals surface area contributed by atoms with Crippen LogP contribution in [0.2, 0.25) is 5.15 Å². The number of amides is 1. The van der Waals surface area contributed by atoms with Gasteiger partial charge in [0.25, 0.3) is 0 Å². The standard InChI is InChI=1S/C11H9ClF3N5O/c1-6(21)19(2)8-5-20(18-9(8)12)7-3-16-10(17-4-7)11(13,14)15/h3-5H,1-2H3. The summed E-state index contributed by atoms with van der Waals surface area (Å²) in [7, 11) is 1.50. The molecule has 0 aromatic carbocycles. The molecule has 2 aromatic rings. The lowest BCUT2D eigenvalue weighted by Gasteiger charge is -2.11. The maximum atomic E-state index is 12.4. The molecule has 0 saturated heterocycles. The maximum absolute atomic E-state index is 12.4. The third kappa shape index (κ3) is 3.13. The Morgan fingerprint density at radius 3 is 2.38 bits per heavy atom. The first kappa shape index (κ1) is 15.2. The fourth-order valence-corrected chi connectivity index (χ4v) is 1.71. The van der Waals surface area contributed by atoms with Crippen molar-refractivity contribution in [3.63, 3.8) is 0 Å². The van der Waals surface area contributed by atoms with Crippen LogP contribution in [0.5, 0.6) is 0 Å². The first-order valence-corrected chi connectivity index (χ1v) is 5.97. The van der Waals surface area contributed by atoms with Crippen LogP contribution in [0, 0.1) is 0 Å². The molecule has 0 radical (unpaired) electrons. The lowest BCUT2D eigenvalue weighted by atomic mass is 10.4. The van der Waals surface area contributed by atoms with E-state index in [4.69, 9.17) is 11.6 Å². The summed E-state index contributed by atoms with van der Waals surface area (Å²) >= 11 is 5.89. The number of hydrogen-bond donors (Lipinski definition) is 0. The Balaban J connectivity index is 2.35. The number of halogens is 4. The fourth-order valence-electron chi connectivity index (χ4n) is 1.46. The Morgan fingerprint density at radius 1 is 1.33 bits per heavy atom. The highest BCUT2D eigenvalue weighted by atomic mass is 35.5. The Kier molecular flexibility index (Phi) is 3.86. The zero-order chi connectivity index (χ0) is 15.8. The smallest absolute Gasteiger partial charge is 0.312 e. The average Bonchev–Trinajstić information content (AvgIpc) is 2.79. The van der Waals surface area contributed by atoms with Crippen molar-refractivity contribution in [2.75, 3.05) is 11.9 Å². The maximum Gasteiger partial charge on any atom is 0.451 e. The van der Waals surface area contributed by atoms with Crippen LogP contribution >= 0.6 is 11.6 Å². The molecule has 10 heteroatoms. The van der Waals surface area contributed by atoms with E-state index in [0.29, 0.717) is 5.69 Å². The lowest BCUT2D eigenvalue weighted by molar-refractivity contribution is -0.145. The van der Waals surface area contributed by atoms with Crippen LogP contribution in [0.25, 0.3) is 5.69 Å². The van der Waals surface area contributed by atoms with E-state index in [2.05, 4.69) is 15.1 Å². The zero-order valence-corrected chi connectivity index (χ0v) is 11.6. The average molecular weight is 320 g/mol. The molecule has 0 saturated carbocycles. The van der Waals surface area contributed by atoms with Crippen LogP contribution in [0.4, 0.5) is 18.9 Å². The van der Waals surface area contributed by atoms with E-state index in [1.54, 1.807) is 0 Å². The first-order valence-electron chi connectivity index (χ1n) is 5.59. The molecule has 0 aliphatic heterocycles. The molecule has 0 aliphatic carbocycles. The molecular weight excluding hydrogens is 311 g/mol. The van der Waals surface area contributed by atoms with E-state index in [0.717, 1.165) is 12.4 Å². The molecule has 0 spiro atoms. The van der Waals surface area contributed by atoms with Gasteiger partial charge in [0.05, 0.1) is 18.6 Å². The zero-order valence-electron chi connectivity index (χ0n) is 10.9. The van der Waals surface area contributed by atoms with Crippen molar-refractivity contribution in [2.24, 2.45) is 0 Å². The minimum atomic E-state index is -4.61. The Labute approximate surface area is 122 Å². The predicted molar refractivity (Wildman–Crippen MR) is 68.3 cm³/mol. The Bertz CT molecular complexity index is 667. The second kappa shape index (κ2) is 5.32. The third-order valence-corrected chi connectivity index (χ3v) is 2.91. The number of nitrogens with zero attached hydrogens (tertiary/aromatic N) is 5. The van der Waals surface area contributed by atoms with Gasteiger partial charge in [-0.05, 0) is 0 Å². The van der Waals surface area contributed by atoms with Crippen LogP contribution in [-0.4, -0.2) is 32.7 Å². The molecule has 2 rings (SSSR count). The van der Waals surface area contributed by atoms with E-state index >= 15 is 0 Å². The van der Waals surface area contributed by atoms with Gasteiger partial charge in [0.1, 0.15) is 11.4 Å². The third-order valence-electron chi connectivity index (χ3n) is 2.64. The summed E-state index contributed by atoms with van der Waals surface area (Å²) in [6.07, 6.45) is -1.27. The van der Waals surface area contributed by atoms with Crippen molar-refractivity contribution < 1.29 is 18.0 Å². The minimum absolute atomic E-state index is 0.0348. The van der Waals surface area contributed by atoms with Crippen LogP contribution in [0.15, 0.2) is 18.6 Å².